The summed E-state index contributed by atoms with van der Waals surface area (Å²) in [4.78, 5) is 22.8. The van der Waals surface area contributed by atoms with Gasteiger partial charge in [-0.3, -0.25) is 10.1 Å². The molecule has 0 spiro atoms. The molecule has 2 amide bonds. The van der Waals surface area contributed by atoms with Crippen molar-refractivity contribution < 1.29 is 27.9 Å². The smallest absolute Gasteiger partial charge is 0.413 e. The topological polar surface area (TPSA) is 104 Å². The van der Waals surface area contributed by atoms with Crippen LogP contribution < -0.4 is 10.1 Å². The van der Waals surface area contributed by atoms with Crippen molar-refractivity contribution in [3.63, 3.8) is 0 Å². The highest BCUT2D eigenvalue weighted by Gasteiger charge is 2.22. The van der Waals surface area contributed by atoms with Crippen LogP contribution in [-0.2, 0) is 9.53 Å². The fourth-order valence-electron chi connectivity index (χ4n) is 1.67. The Kier molecular flexibility index (Phi) is 6.34. The summed E-state index contributed by atoms with van der Waals surface area (Å²) in [6.45, 7) is 3.19. The number of aromatic nitrogens is 2. The lowest BCUT2D eigenvalue weighted by molar-refractivity contribution is -0.119. The van der Waals surface area contributed by atoms with Crippen LogP contribution in [0.25, 0.3) is 0 Å². The number of ether oxygens (including phenoxy) is 2. The van der Waals surface area contributed by atoms with Crippen LogP contribution in [0.4, 0.5) is 9.18 Å². The lowest BCUT2D eigenvalue weighted by Crippen LogP contribution is -2.35. The molecule has 0 radical (unpaired) electrons. The average Bonchev–Trinajstić information content (AvgIpc) is 3.05. The second kappa shape index (κ2) is 8.47. The van der Waals surface area contributed by atoms with Gasteiger partial charge >= 0.3 is 6.09 Å². The normalized spacial score (nSPS) is 13.0. The van der Waals surface area contributed by atoms with Crippen LogP contribution in [0, 0.1) is 5.82 Å². The van der Waals surface area contributed by atoms with Crippen molar-refractivity contribution in [2.75, 3.05) is 7.11 Å². The van der Waals surface area contributed by atoms with Crippen molar-refractivity contribution in [3.8, 4) is 5.75 Å². The van der Waals surface area contributed by atoms with Gasteiger partial charge in [-0.25, -0.2) is 9.18 Å². The van der Waals surface area contributed by atoms with E-state index in [1.807, 2.05) is 5.32 Å². The molecule has 25 heavy (non-hydrogen) atoms. The van der Waals surface area contributed by atoms with Gasteiger partial charge in [0.05, 0.1) is 12.4 Å². The second-order valence-electron chi connectivity index (χ2n) is 4.84. The third kappa shape index (κ3) is 5.18. The number of carbonyl (C=O) groups excluding carboxylic acids is 2. The Labute approximate surface area is 147 Å². The van der Waals surface area contributed by atoms with Crippen LogP contribution in [-0.4, -0.2) is 34.6 Å². The van der Waals surface area contributed by atoms with Crippen molar-refractivity contribution in [1.82, 2.24) is 15.5 Å². The largest absolute Gasteiger partial charge is 0.478 e. The van der Waals surface area contributed by atoms with Crippen LogP contribution in [0.1, 0.15) is 25.8 Å². The molecule has 0 bridgehead atoms. The Balaban J connectivity index is 1.96. The van der Waals surface area contributed by atoms with Gasteiger partial charge in [-0.15, -0.1) is 10.2 Å². The molecule has 1 aromatic heterocycles. The van der Waals surface area contributed by atoms with Gasteiger partial charge in [0.25, 0.3) is 11.1 Å². The first-order chi connectivity index (χ1) is 11.9. The molecule has 2 rings (SSSR count). The zero-order chi connectivity index (χ0) is 18.4. The molecule has 2 atom stereocenters. The summed E-state index contributed by atoms with van der Waals surface area (Å²) < 4.78 is 28.8. The zero-order valence-corrected chi connectivity index (χ0v) is 14.5. The van der Waals surface area contributed by atoms with E-state index in [0.29, 0.717) is 0 Å². The summed E-state index contributed by atoms with van der Waals surface area (Å²) in [5.41, 5.74) is 0. The predicted molar refractivity (Wildman–Crippen MR) is 85.6 cm³/mol. The molecule has 1 N–H and O–H groups in total. The molecule has 0 unspecified atom stereocenters. The second-order valence-corrected chi connectivity index (χ2v) is 6.13. The predicted octanol–water partition coefficient (Wildman–Crippen LogP) is 2.71. The molecule has 2 aromatic rings. The van der Waals surface area contributed by atoms with E-state index in [9.17, 15) is 14.0 Å². The lowest BCUT2D eigenvalue weighted by Gasteiger charge is -2.11. The molecule has 8 nitrogen and oxygen atoms in total. The first kappa shape index (κ1) is 18.7. The summed E-state index contributed by atoms with van der Waals surface area (Å²) in [7, 11) is 1.15. The van der Waals surface area contributed by atoms with E-state index in [2.05, 4.69) is 14.9 Å². The van der Waals surface area contributed by atoms with Crippen molar-refractivity contribution >= 4 is 23.8 Å². The summed E-state index contributed by atoms with van der Waals surface area (Å²) in [6, 6.07) is 5.95. The van der Waals surface area contributed by atoms with Gasteiger partial charge in [-0.2, -0.15) is 0 Å². The van der Waals surface area contributed by atoms with E-state index in [1.54, 1.807) is 26.0 Å². The Hall–Kier alpha value is -2.62. The van der Waals surface area contributed by atoms with E-state index in [-0.39, 0.29) is 16.9 Å². The quantitative estimate of drug-likeness (QED) is 0.775. The summed E-state index contributed by atoms with van der Waals surface area (Å²) in [5.74, 6) is -0.872. The number of amides is 2. The third-order valence-electron chi connectivity index (χ3n) is 2.97. The monoisotopic (exact) mass is 369 g/mol. The molecule has 134 valence electrons. The van der Waals surface area contributed by atoms with Crippen molar-refractivity contribution in [3.05, 3.63) is 36.0 Å². The summed E-state index contributed by atoms with van der Waals surface area (Å²) >= 11 is 0.962. The molecule has 1 heterocycles. The highest BCUT2D eigenvalue weighted by molar-refractivity contribution is 8.00. The minimum absolute atomic E-state index is 0.0632. The average molecular weight is 369 g/mol. The Bertz CT molecular complexity index is 754. The molecular weight excluding hydrogens is 353 g/mol. The van der Waals surface area contributed by atoms with Crippen LogP contribution >= 0.6 is 11.8 Å². The van der Waals surface area contributed by atoms with Crippen LogP contribution in [0.5, 0.6) is 5.75 Å². The number of hydrogen-bond acceptors (Lipinski definition) is 8. The number of imide groups is 1. The number of thioether (sulfide) groups is 1. The van der Waals surface area contributed by atoms with Gasteiger partial charge in [0, 0.05) is 0 Å². The number of halogens is 1. The maximum absolute atomic E-state index is 13.6. The fourth-order valence-corrected chi connectivity index (χ4v) is 2.36. The van der Waals surface area contributed by atoms with Crippen molar-refractivity contribution in [2.45, 2.75) is 30.4 Å². The zero-order valence-electron chi connectivity index (χ0n) is 13.7. The molecule has 0 saturated heterocycles. The molecule has 0 fully saturated rings. The van der Waals surface area contributed by atoms with Gasteiger partial charge in [-0.05, 0) is 26.0 Å². The van der Waals surface area contributed by atoms with Crippen molar-refractivity contribution in [1.29, 1.82) is 0 Å². The fraction of sp³-hybridized carbons (Fsp3) is 0.333. The van der Waals surface area contributed by atoms with Crippen LogP contribution in [0.15, 0.2) is 33.9 Å². The van der Waals surface area contributed by atoms with Crippen LogP contribution in [0.2, 0.25) is 0 Å². The number of rotatable bonds is 6. The van der Waals surface area contributed by atoms with Gasteiger partial charge in [0.1, 0.15) is 0 Å². The van der Waals surface area contributed by atoms with Gasteiger partial charge in [0.2, 0.25) is 5.91 Å². The number of nitrogens with zero attached hydrogens (tertiary/aromatic N) is 2. The molecule has 0 aliphatic rings. The molecular formula is C15H16FN3O5S. The molecule has 0 aliphatic heterocycles. The number of hydrogen-bond donors (Lipinski definition) is 1. The number of methoxy groups -OCH3 is 1. The number of benzene rings is 1. The van der Waals surface area contributed by atoms with Crippen LogP contribution in [0.3, 0.4) is 0 Å². The SMILES string of the molecule is COC(=O)NC(=O)[C@@H](C)Sc1nnc([C@H](C)Oc2ccccc2F)o1. The van der Waals surface area contributed by atoms with Gasteiger partial charge in [0.15, 0.2) is 17.7 Å². The molecule has 10 heteroatoms. The lowest BCUT2D eigenvalue weighted by atomic mass is 10.3. The van der Waals surface area contributed by atoms with E-state index in [0.717, 1.165) is 18.9 Å². The Morgan fingerprint density at radius 1 is 1.28 bits per heavy atom. The van der Waals surface area contributed by atoms with E-state index < -0.39 is 29.2 Å². The van der Waals surface area contributed by atoms with Gasteiger partial charge in [-0.1, -0.05) is 23.9 Å². The maximum atomic E-state index is 13.6. The Morgan fingerprint density at radius 2 is 2.00 bits per heavy atom. The molecule has 1 aromatic carbocycles. The molecule has 0 aliphatic carbocycles. The maximum Gasteiger partial charge on any atom is 0.413 e. The standard InChI is InChI=1S/C15H16FN3O5S/c1-8(23-11-7-5-4-6-10(11)16)13-18-19-15(24-13)25-9(2)12(20)17-14(21)22-3/h4-9H,1-3H3,(H,17,20,21)/t8-,9+/m0/s1. The first-order valence-electron chi connectivity index (χ1n) is 7.20. The van der Waals surface area contributed by atoms with E-state index in [1.165, 1.54) is 12.1 Å². The van der Waals surface area contributed by atoms with Crippen molar-refractivity contribution in [2.24, 2.45) is 0 Å². The highest BCUT2D eigenvalue weighted by atomic mass is 32.2. The minimum Gasteiger partial charge on any atom is -0.478 e. The number of para-hydroxylation sites is 1. The first-order valence-corrected chi connectivity index (χ1v) is 8.08. The molecule has 0 saturated carbocycles. The summed E-state index contributed by atoms with van der Waals surface area (Å²) in [5, 5.41) is 9.11. The highest BCUT2D eigenvalue weighted by Crippen LogP contribution is 2.27. The number of nitrogens with one attached hydrogen (secondary N) is 1. The summed E-state index contributed by atoms with van der Waals surface area (Å²) in [6.07, 6.45) is -1.53. The minimum atomic E-state index is -0.851. The van der Waals surface area contributed by atoms with E-state index in [4.69, 9.17) is 9.15 Å². The van der Waals surface area contributed by atoms with E-state index >= 15 is 0 Å². The Morgan fingerprint density at radius 3 is 2.68 bits per heavy atom. The number of alkyl carbamates (subject to hydrolysis) is 1. The number of carbonyl (C=O) groups is 2. The third-order valence-corrected chi connectivity index (χ3v) is 3.90. The van der Waals surface area contributed by atoms with Gasteiger partial charge < -0.3 is 13.9 Å².